The van der Waals surface area contributed by atoms with E-state index >= 15 is 0 Å². The van der Waals surface area contributed by atoms with Crippen molar-refractivity contribution < 1.29 is 0 Å². The summed E-state index contributed by atoms with van der Waals surface area (Å²) in [6.45, 7) is 7.09. The number of nitrogens with zero attached hydrogens (tertiary/aromatic N) is 3. The van der Waals surface area contributed by atoms with Gasteiger partial charge in [-0.15, -0.1) is 0 Å². The first-order chi connectivity index (χ1) is 9.77. The fourth-order valence-corrected chi connectivity index (χ4v) is 2.78. The number of benzene rings is 1. The molecule has 0 bridgehead atoms. The van der Waals surface area contributed by atoms with Gasteiger partial charge in [-0.25, -0.2) is 4.98 Å². The van der Waals surface area contributed by atoms with Crippen LogP contribution in [0.1, 0.15) is 37.7 Å². The molecule has 4 nitrogen and oxygen atoms in total. The maximum Gasteiger partial charge on any atom is 0.205 e. The van der Waals surface area contributed by atoms with E-state index in [1.54, 1.807) is 0 Å². The molecule has 2 N–H and O–H groups in total. The zero-order chi connectivity index (χ0) is 15.6. The Kier molecular flexibility index (Phi) is 4.58. The summed E-state index contributed by atoms with van der Waals surface area (Å²) in [5.41, 5.74) is 7.69. The van der Waals surface area contributed by atoms with Crippen LogP contribution in [0.25, 0.3) is 0 Å². The molecule has 0 saturated carbocycles. The maximum atomic E-state index is 5.67. The number of anilines is 1. The molecule has 0 saturated heterocycles. The van der Waals surface area contributed by atoms with Gasteiger partial charge in [-0.2, -0.15) is 4.37 Å². The molecule has 1 aromatic carbocycles. The van der Waals surface area contributed by atoms with E-state index in [4.69, 9.17) is 18.0 Å². The number of thiocarbonyl (C=S) groups is 1. The number of aromatic nitrogens is 2. The highest BCUT2D eigenvalue weighted by Crippen LogP contribution is 2.25. The first kappa shape index (κ1) is 15.9. The van der Waals surface area contributed by atoms with Gasteiger partial charge in [-0.1, -0.05) is 51.2 Å². The van der Waals surface area contributed by atoms with E-state index in [9.17, 15) is 0 Å². The van der Waals surface area contributed by atoms with Crippen molar-refractivity contribution in [3.05, 3.63) is 41.2 Å². The summed E-state index contributed by atoms with van der Waals surface area (Å²) in [4.78, 5) is 7.13. The quantitative estimate of drug-likeness (QED) is 0.877. The average molecular weight is 320 g/mol. The molecule has 1 aromatic heterocycles. The minimum atomic E-state index is -0.0265. The van der Waals surface area contributed by atoms with E-state index in [1.165, 1.54) is 11.5 Å². The van der Waals surface area contributed by atoms with Crippen LogP contribution in [0.2, 0.25) is 0 Å². The molecule has 1 heterocycles. The van der Waals surface area contributed by atoms with E-state index in [2.05, 4.69) is 41.1 Å². The Hall–Kier alpha value is -1.53. The van der Waals surface area contributed by atoms with Gasteiger partial charge in [0.1, 0.15) is 10.8 Å². The molecule has 0 aliphatic heterocycles. The Morgan fingerprint density at radius 1 is 1.38 bits per heavy atom. The van der Waals surface area contributed by atoms with Gasteiger partial charge in [0.2, 0.25) is 5.13 Å². The molecule has 112 valence electrons. The average Bonchev–Trinajstić information content (AvgIpc) is 2.88. The van der Waals surface area contributed by atoms with Gasteiger partial charge >= 0.3 is 0 Å². The van der Waals surface area contributed by atoms with Gasteiger partial charge in [-0.05, 0) is 11.6 Å². The van der Waals surface area contributed by atoms with Crippen LogP contribution in [0.4, 0.5) is 5.13 Å². The molecular weight excluding hydrogens is 300 g/mol. The normalized spacial score (nSPS) is 11.4. The SMILES string of the molecule is CN(Cc1cccc(C(N)=S)c1)c1nc(C(C)(C)C)ns1. The monoisotopic (exact) mass is 320 g/mol. The number of hydrogen-bond donors (Lipinski definition) is 1. The highest BCUT2D eigenvalue weighted by Gasteiger charge is 2.20. The van der Waals surface area contributed by atoms with E-state index in [0.717, 1.165) is 28.6 Å². The predicted molar refractivity (Wildman–Crippen MR) is 93.0 cm³/mol. The van der Waals surface area contributed by atoms with Crippen molar-refractivity contribution >= 4 is 33.9 Å². The number of hydrogen-bond acceptors (Lipinski definition) is 5. The van der Waals surface area contributed by atoms with Gasteiger partial charge in [0, 0.05) is 36.1 Å². The fourth-order valence-electron chi connectivity index (χ4n) is 1.84. The third-order valence-corrected chi connectivity index (χ3v) is 4.11. The minimum Gasteiger partial charge on any atom is -0.389 e. The molecule has 0 amide bonds. The van der Waals surface area contributed by atoms with Crippen molar-refractivity contribution in [1.29, 1.82) is 0 Å². The third-order valence-electron chi connectivity index (χ3n) is 3.04. The summed E-state index contributed by atoms with van der Waals surface area (Å²) in [6, 6.07) is 7.97. The van der Waals surface area contributed by atoms with Crippen LogP contribution < -0.4 is 10.6 Å². The first-order valence-corrected chi connectivity index (χ1v) is 7.89. The molecule has 0 aliphatic rings. The van der Waals surface area contributed by atoms with E-state index in [-0.39, 0.29) is 5.41 Å². The molecule has 0 atom stereocenters. The Balaban J connectivity index is 2.14. The van der Waals surface area contributed by atoms with Crippen LogP contribution >= 0.6 is 23.8 Å². The molecule has 2 rings (SSSR count). The smallest absolute Gasteiger partial charge is 0.205 e. The highest BCUT2D eigenvalue weighted by molar-refractivity contribution is 7.80. The van der Waals surface area contributed by atoms with Crippen molar-refractivity contribution in [2.24, 2.45) is 5.73 Å². The standard InChI is InChI=1S/C15H20N4S2/c1-15(2,3)13-17-14(21-18-13)19(4)9-10-6-5-7-11(8-10)12(16)20/h5-8H,9H2,1-4H3,(H2,16,20). The third kappa shape index (κ3) is 3.98. The van der Waals surface area contributed by atoms with Crippen molar-refractivity contribution in [1.82, 2.24) is 9.36 Å². The van der Waals surface area contributed by atoms with Crippen LogP contribution in [0.3, 0.4) is 0 Å². The van der Waals surface area contributed by atoms with E-state index in [1.807, 2.05) is 25.2 Å². The van der Waals surface area contributed by atoms with Gasteiger partial charge < -0.3 is 10.6 Å². The summed E-state index contributed by atoms with van der Waals surface area (Å²) in [6.07, 6.45) is 0. The van der Waals surface area contributed by atoms with Gasteiger partial charge in [-0.3, -0.25) is 0 Å². The molecule has 21 heavy (non-hydrogen) atoms. The Bertz CT molecular complexity index is 643. The molecule has 0 aliphatic carbocycles. The highest BCUT2D eigenvalue weighted by atomic mass is 32.1. The summed E-state index contributed by atoms with van der Waals surface area (Å²) in [5, 5.41) is 0.917. The molecule has 2 aromatic rings. The van der Waals surface area contributed by atoms with Crippen molar-refractivity contribution in [2.75, 3.05) is 11.9 Å². The van der Waals surface area contributed by atoms with Crippen molar-refractivity contribution in [3.63, 3.8) is 0 Å². The van der Waals surface area contributed by atoms with Crippen molar-refractivity contribution in [3.8, 4) is 0 Å². The lowest BCUT2D eigenvalue weighted by molar-refractivity contribution is 0.554. The summed E-state index contributed by atoms with van der Waals surface area (Å²) in [5.74, 6) is 0.881. The van der Waals surface area contributed by atoms with Crippen molar-refractivity contribution in [2.45, 2.75) is 32.7 Å². The molecular formula is C15H20N4S2. The first-order valence-electron chi connectivity index (χ1n) is 6.71. The van der Waals surface area contributed by atoms with Crippen LogP contribution in [0.15, 0.2) is 24.3 Å². The van der Waals surface area contributed by atoms with Crippen LogP contribution in [-0.2, 0) is 12.0 Å². The lowest BCUT2D eigenvalue weighted by Gasteiger charge is -2.16. The van der Waals surface area contributed by atoms with Crippen LogP contribution in [0.5, 0.6) is 0 Å². The summed E-state index contributed by atoms with van der Waals surface area (Å²) in [7, 11) is 2.01. The zero-order valence-corrected chi connectivity index (χ0v) is 14.4. The molecule has 0 spiro atoms. The maximum absolute atomic E-state index is 5.67. The summed E-state index contributed by atoms with van der Waals surface area (Å²) >= 11 is 6.45. The Labute approximate surface area is 135 Å². The van der Waals surface area contributed by atoms with E-state index in [0.29, 0.717) is 4.99 Å². The molecule has 0 unspecified atom stereocenters. The Morgan fingerprint density at radius 3 is 2.67 bits per heavy atom. The Morgan fingerprint density at radius 2 is 2.10 bits per heavy atom. The predicted octanol–water partition coefficient (Wildman–Crippen LogP) is 3.11. The minimum absolute atomic E-state index is 0.0265. The largest absolute Gasteiger partial charge is 0.389 e. The van der Waals surface area contributed by atoms with Gasteiger partial charge in [0.15, 0.2) is 0 Å². The summed E-state index contributed by atoms with van der Waals surface area (Å²) < 4.78 is 4.44. The number of nitrogens with two attached hydrogens (primary N) is 1. The molecule has 6 heteroatoms. The fraction of sp³-hybridized carbons (Fsp3) is 0.400. The molecule has 0 radical (unpaired) electrons. The topological polar surface area (TPSA) is 55.0 Å². The van der Waals surface area contributed by atoms with Crippen LogP contribution in [-0.4, -0.2) is 21.4 Å². The lowest BCUT2D eigenvalue weighted by atomic mass is 9.96. The van der Waals surface area contributed by atoms with Gasteiger partial charge in [0.05, 0.1) is 0 Å². The van der Waals surface area contributed by atoms with E-state index < -0.39 is 0 Å². The molecule has 0 fully saturated rings. The lowest BCUT2D eigenvalue weighted by Crippen LogP contribution is -2.18. The number of rotatable bonds is 4. The van der Waals surface area contributed by atoms with Crippen LogP contribution in [0, 0.1) is 0 Å². The zero-order valence-electron chi connectivity index (χ0n) is 12.8. The second-order valence-electron chi connectivity index (χ2n) is 6.07. The van der Waals surface area contributed by atoms with Gasteiger partial charge in [0.25, 0.3) is 0 Å². The second-order valence-corrected chi connectivity index (χ2v) is 7.24. The second kappa shape index (κ2) is 6.07.